The molecule has 1 aliphatic carbocycles. The van der Waals surface area contributed by atoms with Gasteiger partial charge in [-0.15, -0.1) is 0 Å². The standard InChI is InChI=1S/C24H32N4O5S/c1-2-13-28(20-6-4-3-5-7-20)22-15-21(25-17-26-22)24(31)27-19-10-8-18(9-11-19)16-34(32,33)14-12-23(29)30/h8-11,15,17,20H,2-7,12-14,16H2,1H3,(H,27,31)(H,29,30). The number of aromatic nitrogens is 2. The highest BCUT2D eigenvalue weighted by atomic mass is 32.2. The molecule has 0 atom stereocenters. The number of carbonyl (C=O) groups excluding carboxylic acids is 1. The van der Waals surface area contributed by atoms with E-state index in [2.05, 4.69) is 27.1 Å². The molecule has 1 saturated carbocycles. The SMILES string of the molecule is CCCN(c1cc(C(=O)Nc2ccc(CS(=O)(=O)CCC(=O)O)cc2)ncn1)C1CCCCC1. The molecule has 0 aliphatic heterocycles. The first kappa shape index (κ1) is 25.6. The van der Waals surface area contributed by atoms with Gasteiger partial charge in [0.05, 0.1) is 17.9 Å². The maximum atomic E-state index is 12.8. The van der Waals surface area contributed by atoms with Crippen molar-refractivity contribution in [2.75, 3.05) is 22.5 Å². The van der Waals surface area contributed by atoms with Crippen LogP contribution in [0.3, 0.4) is 0 Å². The third kappa shape index (κ3) is 7.51. The van der Waals surface area contributed by atoms with Gasteiger partial charge in [0, 0.05) is 24.3 Å². The lowest BCUT2D eigenvalue weighted by atomic mass is 9.94. The average Bonchev–Trinajstić information content (AvgIpc) is 2.83. The van der Waals surface area contributed by atoms with Crippen molar-refractivity contribution in [3.63, 3.8) is 0 Å². The number of amides is 1. The molecule has 1 aromatic carbocycles. The Kier molecular flexibility index (Phi) is 8.98. The molecule has 0 unspecified atom stereocenters. The van der Waals surface area contributed by atoms with E-state index in [-0.39, 0.29) is 17.4 Å². The number of benzene rings is 1. The van der Waals surface area contributed by atoms with E-state index in [4.69, 9.17) is 5.11 Å². The summed E-state index contributed by atoms with van der Waals surface area (Å²) in [6.45, 7) is 3.01. The molecular weight excluding hydrogens is 456 g/mol. The second-order valence-corrected chi connectivity index (χ2v) is 10.8. The molecule has 0 spiro atoms. The zero-order valence-corrected chi connectivity index (χ0v) is 20.3. The summed E-state index contributed by atoms with van der Waals surface area (Å²) in [5.41, 5.74) is 1.30. The molecule has 9 nitrogen and oxygen atoms in total. The van der Waals surface area contributed by atoms with E-state index >= 15 is 0 Å². The number of anilines is 2. The van der Waals surface area contributed by atoms with E-state index in [0.29, 0.717) is 17.3 Å². The van der Waals surface area contributed by atoms with Gasteiger partial charge in [-0.3, -0.25) is 9.59 Å². The summed E-state index contributed by atoms with van der Waals surface area (Å²) in [5, 5.41) is 11.5. The Labute approximate surface area is 200 Å². The maximum absolute atomic E-state index is 12.8. The highest BCUT2D eigenvalue weighted by Gasteiger charge is 2.23. The predicted octanol–water partition coefficient (Wildman–Crippen LogP) is 3.67. The third-order valence-electron chi connectivity index (χ3n) is 5.88. The number of nitrogens with zero attached hydrogens (tertiary/aromatic N) is 3. The average molecular weight is 489 g/mol. The second kappa shape index (κ2) is 11.9. The Balaban J connectivity index is 1.65. The summed E-state index contributed by atoms with van der Waals surface area (Å²) in [6, 6.07) is 8.60. The van der Waals surface area contributed by atoms with Crippen molar-refractivity contribution < 1.29 is 23.1 Å². The summed E-state index contributed by atoms with van der Waals surface area (Å²) in [4.78, 5) is 34.3. The molecule has 3 rings (SSSR count). The minimum absolute atomic E-state index is 0.252. The van der Waals surface area contributed by atoms with Crippen molar-refractivity contribution in [2.24, 2.45) is 0 Å². The van der Waals surface area contributed by atoms with Crippen LogP contribution in [0.15, 0.2) is 36.7 Å². The highest BCUT2D eigenvalue weighted by molar-refractivity contribution is 7.90. The largest absolute Gasteiger partial charge is 0.481 e. The number of hydrogen-bond donors (Lipinski definition) is 2. The lowest BCUT2D eigenvalue weighted by Crippen LogP contribution is -2.38. The van der Waals surface area contributed by atoms with E-state index in [1.807, 2.05) is 0 Å². The topological polar surface area (TPSA) is 130 Å². The molecule has 2 N–H and O–H groups in total. The summed E-state index contributed by atoms with van der Waals surface area (Å²) >= 11 is 0. The van der Waals surface area contributed by atoms with Gasteiger partial charge in [0.2, 0.25) is 0 Å². The number of rotatable bonds is 11. The molecule has 1 fully saturated rings. The summed E-state index contributed by atoms with van der Waals surface area (Å²) in [5.74, 6) is -1.42. The van der Waals surface area contributed by atoms with E-state index in [1.165, 1.54) is 25.6 Å². The second-order valence-electron chi connectivity index (χ2n) is 8.63. The van der Waals surface area contributed by atoms with Crippen molar-refractivity contribution in [1.82, 2.24) is 9.97 Å². The quantitative estimate of drug-likeness (QED) is 0.490. The van der Waals surface area contributed by atoms with Gasteiger partial charge in [0.15, 0.2) is 9.84 Å². The van der Waals surface area contributed by atoms with Crippen LogP contribution in [0.2, 0.25) is 0 Å². The maximum Gasteiger partial charge on any atom is 0.304 e. The van der Waals surface area contributed by atoms with Gasteiger partial charge >= 0.3 is 5.97 Å². The van der Waals surface area contributed by atoms with Crippen LogP contribution in [0.1, 0.15) is 67.9 Å². The Morgan fingerprint density at radius 1 is 1.12 bits per heavy atom. The van der Waals surface area contributed by atoms with E-state index in [1.54, 1.807) is 30.3 Å². The van der Waals surface area contributed by atoms with Gasteiger partial charge in [0.25, 0.3) is 5.91 Å². The molecule has 184 valence electrons. The van der Waals surface area contributed by atoms with Crippen molar-refractivity contribution in [1.29, 1.82) is 0 Å². The number of carboxylic acids is 1. The summed E-state index contributed by atoms with van der Waals surface area (Å²) in [6.07, 6.45) is 7.92. The molecule has 1 aromatic heterocycles. The monoisotopic (exact) mass is 488 g/mol. The Morgan fingerprint density at radius 2 is 1.82 bits per heavy atom. The van der Waals surface area contributed by atoms with Crippen LogP contribution in [0, 0.1) is 0 Å². The lowest BCUT2D eigenvalue weighted by Gasteiger charge is -2.35. The smallest absolute Gasteiger partial charge is 0.304 e. The third-order valence-corrected chi connectivity index (χ3v) is 7.48. The normalized spacial score (nSPS) is 14.5. The van der Waals surface area contributed by atoms with E-state index in [0.717, 1.165) is 31.6 Å². The highest BCUT2D eigenvalue weighted by Crippen LogP contribution is 2.26. The van der Waals surface area contributed by atoms with Crippen LogP contribution in [0.4, 0.5) is 11.5 Å². The fourth-order valence-corrected chi connectivity index (χ4v) is 5.52. The number of sulfone groups is 1. The van der Waals surface area contributed by atoms with Gasteiger partial charge in [-0.05, 0) is 37.0 Å². The van der Waals surface area contributed by atoms with Gasteiger partial charge < -0.3 is 15.3 Å². The first-order valence-electron chi connectivity index (χ1n) is 11.7. The van der Waals surface area contributed by atoms with Gasteiger partial charge in [-0.2, -0.15) is 0 Å². The minimum atomic E-state index is -3.53. The van der Waals surface area contributed by atoms with Crippen LogP contribution in [-0.4, -0.2) is 53.7 Å². The minimum Gasteiger partial charge on any atom is -0.481 e. The molecule has 0 bridgehead atoms. The Hall–Kier alpha value is -3.01. The van der Waals surface area contributed by atoms with Crippen molar-refractivity contribution >= 4 is 33.2 Å². The molecule has 0 saturated heterocycles. The van der Waals surface area contributed by atoms with Crippen LogP contribution in [0.5, 0.6) is 0 Å². The molecule has 0 radical (unpaired) electrons. The fraction of sp³-hybridized carbons (Fsp3) is 0.500. The van der Waals surface area contributed by atoms with Crippen LogP contribution >= 0.6 is 0 Å². The first-order valence-corrected chi connectivity index (χ1v) is 13.5. The van der Waals surface area contributed by atoms with Crippen LogP contribution in [-0.2, 0) is 20.4 Å². The first-order chi connectivity index (χ1) is 16.3. The number of carboxylic acid groups (broad SMARTS) is 1. The van der Waals surface area contributed by atoms with Crippen LogP contribution < -0.4 is 10.2 Å². The fourth-order valence-electron chi connectivity index (χ4n) is 4.19. The van der Waals surface area contributed by atoms with Crippen LogP contribution in [0.25, 0.3) is 0 Å². The number of carbonyl (C=O) groups is 2. The Morgan fingerprint density at radius 3 is 2.47 bits per heavy atom. The van der Waals surface area contributed by atoms with Crippen molar-refractivity contribution in [3.05, 3.63) is 47.9 Å². The van der Waals surface area contributed by atoms with E-state index in [9.17, 15) is 18.0 Å². The zero-order chi connectivity index (χ0) is 24.6. The van der Waals surface area contributed by atoms with Crippen molar-refractivity contribution in [3.8, 4) is 0 Å². The molecule has 1 amide bonds. The number of nitrogens with one attached hydrogen (secondary N) is 1. The molecule has 1 aliphatic rings. The van der Waals surface area contributed by atoms with Gasteiger partial charge in [-0.25, -0.2) is 18.4 Å². The predicted molar refractivity (Wildman–Crippen MR) is 131 cm³/mol. The summed E-state index contributed by atoms with van der Waals surface area (Å²) < 4.78 is 24.1. The van der Waals surface area contributed by atoms with Crippen molar-refractivity contribution in [2.45, 2.75) is 63.7 Å². The zero-order valence-electron chi connectivity index (χ0n) is 19.4. The van der Waals surface area contributed by atoms with Gasteiger partial charge in [0.1, 0.15) is 17.8 Å². The number of aliphatic carboxylic acids is 1. The molecule has 10 heteroatoms. The Bertz CT molecular complexity index is 1080. The molecule has 34 heavy (non-hydrogen) atoms. The van der Waals surface area contributed by atoms with E-state index < -0.39 is 28.0 Å². The summed E-state index contributed by atoms with van der Waals surface area (Å²) in [7, 11) is -3.53. The van der Waals surface area contributed by atoms with Gasteiger partial charge in [-0.1, -0.05) is 38.3 Å². The molecule has 1 heterocycles. The number of hydrogen-bond acceptors (Lipinski definition) is 7. The lowest BCUT2D eigenvalue weighted by molar-refractivity contribution is -0.136. The molecular formula is C24H32N4O5S. The molecule has 2 aromatic rings.